The minimum Gasteiger partial charge on any atom is -0.493 e. The lowest BCUT2D eigenvalue weighted by Gasteiger charge is -2.32. The molecule has 0 aliphatic carbocycles. The fraction of sp³-hybridized carbons (Fsp3) is 0.500. The number of likely N-dealkylation sites (tertiary alicyclic amines) is 1. The van der Waals surface area contributed by atoms with Crippen LogP contribution in [0.4, 0.5) is 0 Å². The second-order valence-electron chi connectivity index (χ2n) is 5.72. The number of nitrogens with one attached hydrogen (secondary N) is 1. The van der Waals surface area contributed by atoms with Gasteiger partial charge in [-0.05, 0) is 38.4 Å². The molecular formula is C18H27ClN2O3. The molecule has 1 saturated heterocycles. The maximum absolute atomic E-state index is 12.8. The van der Waals surface area contributed by atoms with E-state index in [4.69, 9.17) is 9.47 Å². The Hall–Kier alpha value is -1.72. The molecule has 1 aromatic carbocycles. The number of halogens is 1. The summed E-state index contributed by atoms with van der Waals surface area (Å²) < 4.78 is 10.8. The number of rotatable bonds is 6. The van der Waals surface area contributed by atoms with E-state index in [1.54, 1.807) is 26.4 Å². The summed E-state index contributed by atoms with van der Waals surface area (Å²) in [5.74, 6) is 1.30. The van der Waals surface area contributed by atoms with Crippen LogP contribution >= 0.6 is 12.4 Å². The molecule has 24 heavy (non-hydrogen) atoms. The maximum Gasteiger partial charge on any atom is 0.254 e. The predicted octanol–water partition coefficient (Wildman–Crippen LogP) is 2.68. The molecule has 1 aliphatic heterocycles. The van der Waals surface area contributed by atoms with Crippen LogP contribution in [0.3, 0.4) is 0 Å². The lowest BCUT2D eigenvalue weighted by Crippen LogP contribution is -2.44. The van der Waals surface area contributed by atoms with Gasteiger partial charge in [0.25, 0.3) is 5.91 Å². The highest BCUT2D eigenvalue weighted by Gasteiger charge is 2.24. The Bertz CT molecular complexity index is 570. The van der Waals surface area contributed by atoms with E-state index in [0.29, 0.717) is 29.5 Å². The van der Waals surface area contributed by atoms with Gasteiger partial charge < -0.3 is 19.7 Å². The number of allylic oxidation sites excluding steroid dienone is 1. The summed E-state index contributed by atoms with van der Waals surface area (Å²) in [4.78, 5) is 14.7. The van der Waals surface area contributed by atoms with Crippen molar-refractivity contribution < 1.29 is 14.3 Å². The molecule has 1 aromatic rings. The van der Waals surface area contributed by atoms with Gasteiger partial charge in [-0.1, -0.05) is 6.08 Å². The molecule has 1 N–H and O–H groups in total. The molecule has 6 heteroatoms. The van der Waals surface area contributed by atoms with E-state index in [2.05, 4.69) is 11.9 Å². The third-order valence-electron chi connectivity index (χ3n) is 4.36. The van der Waals surface area contributed by atoms with E-state index in [1.165, 1.54) is 0 Å². The Balaban J connectivity index is 0.00000288. The number of amides is 1. The number of hydrogen-bond donors (Lipinski definition) is 1. The summed E-state index contributed by atoms with van der Waals surface area (Å²) in [6, 6.07) is 4.15. The van der Waals surface area contributed by atoms with Crippen molar-refractivity contribution in [2.45, 2.75) is 25.3 Å². The van der Waals surface area contributed by atoms with Gasteiger partial charge in [0.2, 0.25) is 0 Å². The summed E-state index contributed by atoms with van der Waals surface area (Å²) in [5, 5.41) is 3.28. The van der Waals surface area contributed by atoms with Gasteiger partial charge in [-0.15, -0.1) is 19.0 Å². The third kappa shape index (κ3) is 4.42. The van der Waals surface area contributed by atoms with Crippen molar-refractivity contribution in [1.82, 2.24) is 10.2 Å². The van der Waals surface area contributed by atoms with Crippen LogP contribution in [0.25, 0.3) is 0 Å². The highest BCUT2D eigenvalue weighted by atomic mass is 35.5. The largest absolute Gasteiger partial charge is 0.493 e. The maximum atomic E-state index is 12.8. The van der Waals surface area contributed by atoms with E-state index >= 15 is 0 Å². The molecule has 0 radical (unpaired) electrons. The van der Waals surface area contributed by atoms with Gasteiger partial charge in [0.05, 0.1) is 14.2 Å². The van der Waals surface area contributed by atoms with Crippen LogP contribution in [-0.2, 0) is 6.42 Å². The zero-order chi connectivity index (χ0) is 16.8. The van der Waals surface area contributed by atoms with Crippen LogP contribution in [-0.4, -0.2) is 51.2 Å². The Morgan fingerprint density at radius 2 is 2.00 bits per heavy atom. The summed E-state index contributed by atoms with van der Waals surface area (Å²) in [6.45, 7) is 5.32. The van der Waals surface area contributed by atoms with Gasteiger partial charge in [0.1, 0.15) is 0 Å². The zero-order valence-electron chi connectivity index (χ0n) is 14.6. The smallest absolute Gasteiger partial charge is 0.254 e. The van der Waals surface area contributed by atoms with Gasteiger partial charge >= 0.3 is 0 Å². The van der Waals surface area contributed by atoms with Crippen LogP contribution < -0.4 is 14.8 Å². The van der Waals surface area contributed by atoms with Crippen molar-refractivity contribution in [3.8, 4) is 11.5 Å². The molecule has 1 fully saturated rings. The Morgan fingerprint density at radius 1 is 1.33 bits per heavy atom. The standard InChI is InChI=1S/C18H26N2O3.ClH/c1-5-6-13-11-14(12-16(22-3)17(13)23-4)18(21)20-9-7-15(19-2)8-10-20;/h5,11-12,15,19H,1,6-10H2,2-4H3;1H. The predicted molar refractivity (Wildman–Crippen MR) is 98.7 cm³/mol. The van der Waals surface area contributed by atoms with Gasteiger partial charge in [-0.25, -0.2) is 0 Å². The second-order valence-corrected chi connectivity index (χ2v) is 5.72. The van der Waals surface area contributed by atoms with Crippen molar-refractivity contribution in [3.63, 3.8) is 0 Å². The van der Waals surface area contributed by atoms with Crippen molar-refractivity contribution in [1.29, 1.82) is 0 Å². The number of nitrogens with zero attached hydrogens (tertiary/aromatic N) is 1. The molecule has 134 valence electrons. The number of methoxy groups -OCH3 is 2. The van der Waals surface area contributed by atoms with Crippen molar-refractivity contribution in [3.05, 3.63) is 35.9 Å². The average Bonchev–Trinajstić information content (AvgIpc) is 2.60. The first-order chi connectivity index (χ1) is 11.1. The molecule has 1 amide bonds. The average molecular weight is 355 g/mol. The van der Waals surface area contributed by atoms with E-state index in [1.807, 2.05) is 18.0 Å². The number of carbonyl (C=O) groups is 1. The molecule has 2 rings (SSSR count). The molecule has 0 spiro atoms. The Labute approximate surface area is 150 Å². The normalized spacial score (nSPS) is 14.7. The summed E-state index contributed by atoms with van der Waals surface area (Å²) in [7, 11) is 5.16. The fourth-order valence-electron chi connectivity index (χ4n) is 3.03. The summed E-state index contributed by atoms with van der Waals surface area (Å²) >= 11 is 0. The number of hydrogen-bond acceptors (Lipinski definition) is 4. The molecule has 0 unspecified atom stereocenters. The highest BCUT2D eigenvalue weighted by Crippen LogP contribution is 2.33. The summed E-state index contributed by atoms with van der Waals surface area (Å²) in [6.07, 6.45) is 4.39. The van der Waals surface area contributed by atoms with Crippen LogP contribution in [0.2, 0.25) is 0 Å². The van der Waals surface area contributed by atoms with E-state index < -0.39 is 0 Å². The molecule has 0 saturated carbocycles. The fourth-order valence-corrected chi connectivity index (χ4v) is 3.03. The molecule has 5 nitrogen and oxygen atoms in total. The highest BCUT2D eigenvalue weighted by molar-refractivity contribution is 5.95. The minimum absolute atomic E-state index is 0. The van der Waals surface area contributed by atoms with Crippen molar-refractivity contribution in [2.75, 3.05) is 34.4 Å². The number of benzene rings is 1. The first-order valence-electron chi connectivity index (χ1n) is 7.96. The minimum atomic E-state index is 0. The van der Waals surface area contributed by atoms with Crippen molar-refractivity contribution in [2.24, 2.45) is 0 Å². The van der Waals surface area contributed by atoms with E-state index in [9.17, 15) is 4.79 Å². The zero-order valence-corrected chi connectivity index (χ0v) is 15.4. The van der Waals surface area contributed by atoms with Crippen LogP contribution in [0, 0.1) is 0 Å². The molecular weight excluding hydrogens is 328 g/mol. The monoisotopic (exact) mass is 354 g/mol. The third-order valence-corrected chi connectivity index (χ3v) is 4.36. The molecule has 0 bridgehead atoms. The molecule has 1 aliphatic rings. The molecule has 0 atom stereocenters. The van der Waals surface area contributed by atoms with E-state index in [-0.39, 0.29) is 18.3 Å². The van der Waals surface area contributed by atoms with E-state index in [0.717, 1.165) is 31.5 Å². The molecule has 1 heterocycles. The van der Waals surface area contributed by atoms with Crippen LogP contribution in [0.5, 0.6) is 11.5 Å². The first kappa shape index (κ1) is 20.3. The van der Waals surface area contributed by atoms with Gasteiger partial charge in [-0.3, -0.25) is 4.79 Å². The summed E-state index contributed by atoms with van der Waals surface area (Å²) in [5.41, 5.74) is 1.55. The van der Waals surface area contributed by atoms with Crippen LogP contribution in [0.1, 0.15) is 28.8 Å². The number of ether oxygens (including phenoxy) is 2. The number of piperidine rings is 1. The second kappa shape index (κ2) is 9.55. The lowest BCUT2D eigenvalue weighted by atomic mass is 10.0. The molecule has 0 aromatic heterocycles. The quantitative estimate of drug-likeness (QED) is 0.798. The lowest BCUT2D eigenvalue weighted by molar-refractivity contribution is 0.0707. The number of carbonyl (C=O) groups excluding carboxylic acids is 1. The van der Waals surface area contributed by atoms with Gasteiger partial charge in [0.15, 0.2) is 11.5 Å². The van der Waals surface area contributed by atoms with Gasteiger partial charge in [0, 0.05) is 30.3 Å². The Kier molecular flexibility index (Phi) is 8.08. The SMILES string of the molecule is C=CCc1cc(C(=O)N2CCC(NC)CC2)cc(OC)c1OC.Cl. The van der Waals surface area contributed by atoms with Gasteiger partial charge in [-0.2, -0.15) is 0 Å². The Morgan fingerprint density at radius 3 is 2.50 bits per heavy atom. The van der Waals surface area contributed by atoms with Crippen molar-refractivity contribution >= 4 is 18.3 Å². The first-order valence-corrected chi connectivity index (χ1v) is 7.96. The van der Waals surface area contributed by atoms with Crippen LogP contribution in [0.15, 0.2) is 24.8 Å². The topological polar surface area (TPSA) is 50.8 Å².